The van der Waals surface area contributed by atoms with Crippen molar-refractivity contribution in [2.75, 3.05) is 6.61 Å². The SMILES string of the molecule is Cc1ccc(S(=O)(=O)OCCc2ccc3c(c2)CN(C(=O)O)C3)cc1. The summed E-state index contributed by atoms with van der Waals surface area (Å²) in [5.74, 6) is 0. The number of aryl methyl sites for hydroxylation is 1. The van der Waals surface area contributed by atoms with Crippen LogP contribution < -0.4 is 0 Å². The molecule has 0 aromatic heterocycles. The van der Waals surface area contributed by atoms with Gasteiger partial charge in [-0.2, -0.15) is 8.42 Å². The number of carboxylic acid groups (broad SMARTS) is 1. The predicted octanol–water partition coefficient (Wildman–Crippen LogP) is 2.94. The molecular weight excluding hydrogens is 342 g/mol. The number of carbonyl (C=O) groups is 1. The van der Waals surface area contributed by atoms with Crippen LogP contribution in [0.5, 0.6) is 0 Å². The van der Waals surface area contributed by atoms with Gasteiger partial charge in [0.1, 0.15) is 0 Å². The third-order valence-corrected chi connectivity index (χ3v) is 5.53. The molecule has 1 heterocycles. The molecule has 0 saturated heterocycles. The number of nitrogens with zero attached hydrogens (tertiary/aromatic N) is 1. The van der Waals surface area contributed by atoms with E-state index in [1.807, 2.05) is 25.1 Å². The van der Waals surface area contributed by atoms with Crippen molar-refractivity contribution in [3.05, 3.63) is 64.7 Å². The smallest absolute Gasteiger partial charge is 0.407 e. The summed E-state index contributed by atoms with van der Waals surface area (Å²) in [7, 11) is -3.76. The second-order valence-electron chi connectivity index (χ2n) is 6.08. The van der Waals surface area contributed by atoms with Gasteiger partial charge in [0.05, 0.1) is 11.5 Å². The molecule has 2 aromatic carbocycles. The van der Waals surface area contributed by atoms with E-state index in [0.29, 0.717) is 19.5 Å². The fourth-order valence-corrected chi connectivity index (χ4v) is 3.69. The van der Waals surface area contributed by atoms with E-state index in [2.05, 4.69) is 0 Å². The van der Waals surface area contributed by atoms with E-state index in [1.54, 1.807) is 12.1 Å². The molecule has 25 heavy (non-hydrogen) atoms. The normalized spacial score (nSPS) is 13.7. The quantitative estimate of drug-likeness (QED) is 0.828. The molecule has 1 N–H and O–H groups in total. The van der Waals surface area contributed by atoms with Crippen molar-refractivity contribution in [3.63, 3.8) is 0 Å². The van der Waals surface area contributed by atoms with E-state index in [-0.39, 0.29) is 11.5 Å². The molecule has 1 aliphatic heterocycles. The van der Waals surface area contributed by atoms with Gasteiger partial charge in [-0.1, -0.05) is 35.9 Å². The second-order valence-corrected chi connectivity index (χ2v) is 7.70. The standard InChI is InChI=1S/C18H19NO5S/c1-13-2-6-17(7-3-13)25(22,23)24-9-8-14-4-5-15-11-19(18(20)21)12-16(15)10-14/h2-7,10H,8-9,11-12H2,1H3,(H,20,21). The minimum absolute atomic E-state index is 0.0393. The maximum absolute atomic E-state index is 12.1. The summed E-state index contributed by atoms with van der Waals surface area (Å²) >= 11 is 0. The minimum atomic E-state index is -3.76. The average Bonchev–Trinajstić information content (AvgIpc) is 2.99. The third-order valence-electron chi connectivity index (χ3n) is 4.20. The molecule has 132 valence electrons. The molecule has 0 aliphatic carbocycles. The fourth-order valence-electron chi connectivity index (χ4n) is 2.78. The summed E-state index contributed by atoms with van der Waals surface area (Å²) in [6.07, 6.45) is -0.504. The van der Waals surface area contributed by atoms with E-state index < -0.39 is 16.2 Å². The molecule has 1 amide bonds. The van der Waals surface area contributed by atoms with Gasteiger partial charge >= 0.3 is 6.09 Å². The highest BCUT2D eigenvalue weighted by molar-refractivity contribution is 7.86. The molecule has 2 aromatic rings. The zero-order chi connectivity index (χ0) is 18.0. The molecule has 0 spiro atoms. The van der Waals surface area contributed by atoms with Crippen molar-refractivity contribution >= 4 is 16.2 Å². The Morgan fingerprint density at radius 3 is 2.48 bits per heavy atom. The number of hydrogen-bond donors (Lipinski definition) is 1. The summed E-state index contributed by atoms with van der Waals surface area (Å²) in [6, 6.07) is 12.2. The van der Waals surface area contributed by atoms with Gasteiger partial charge in [-0.25, -0.2) is 4.79 Å². The third kappa shape index (κ3) is 4.00. The Morgan fingerprint density at radius 1 is 1.12 bits per heavy atom. The number of amides is 1. The van der Waals surface area contributed by atoms with Crippen LogP contribution in [0, 0.1) is 6.92 Å². The maximum Gasteiger partial charge on any atom is 0.407 e. The molecule has 0 radical (unpaired) electrons. The van der Waals surface area contributed by atoms with Gasteiger partial charge < -0.3 is 5.11 Å². The zero-order valence-electron chi connectivity index (χ0n) is 13.8. The maximum atomic E-state index is 12.1. The van der Waals surface area contributed by atoms with Crippen LogP contribution in [0.3, 0.4) is 0 Å². The number of fused-ring (bicyclic) bond motifs is 1. The highest BCUT2D eigenvalue weighted by Crippen LogP contribution is 2.24. The minimum Gasteiger partial charge on any atom is -0.465 e. The Bertz CT molecular complexity index is 890. The highest BCUT2D eigenvalue weighted by Gasteiger charge is 2.22. The number of benzene rings is 2. The van der Waals surface area contributed by atoms with Crippen LogP contribution in [0.15, 0.2) is 47.4 Å². The van der Waals surface area contributed by atoms with E-state index in [0.717, 1.165) is 22.3 Å². The van der Waals surface area contributed by atoms with Gasteiger partial charge in [0.2, 0.25) is 0 Å². The van der Waals surface area contributed by atoms with Crippen LogP contribution in [-0.2, 0) is 33.8 Å². The van der Waals surface area contributed by atoms with Crippen LogP contribution in [0.4, 0.5) is 4.79 Å². The van der Waals surface area contributed by atoms with E-state index in [1.165, 1.54) is 17.0 Å². The first-order valence-electron chi connectivity index (χ1n) is 7.90. The van der Waals surface area contributed by atoms with E-state index in [9.17, 15) is 13.2 Å². The largest absolute Gasteiger partial charge is 0.465 e. The molecule has 3 rings (SSSR count). The molecule has 0 bridgehead atoms. The Morgan fingerprint density at radius 2 is 1.80 bits per heavy atom. The van der Waals surface area contributed by atoms with Gasteiger partial charge in [0.15, 0.2) is 0 Å². The van der Waals surface area contributed by atoms with Crippen molar-refractivity contribution in [1.82, 2.24) is 4.90 Å². The average molecular weight is 361 g/mol. The Labute approximate surface area is 146 Å². The molecule has 1 aliphatic rings. The van der Waals surface area contributed by atoms with Gasteiger partial charge in [-0.15, -0.1) is 0 Å². The summed E-state index contributed by atoms with van der Waals surface area (Å²) in [6.45, 7) is 2.68. The van der Waals surface area contributed by atoms with Crippen LogP contribution in [0.1, 0.15) is 22.3 Å². The van der Waals surface area contributed by atoms with Crippen LogP contribution >= 0.6 is 0 Å². The van der Waals surface area contributed by atoms with Gasteiger partial charge in [-0.3, -0.25) is 9.08 Å². The van der Waals surface area contributed by atoms with Gasteiger partial charge in [-0.05, 0) is 42.2 Å². The van der Waals surface area contributed by atoms with Gasteiger partial charge in [0, 0.05) is 13.1 Å². The lowest BCUT2D eigenvalue weighted by Crippen LogP contribution is -2.22. The van der Waals surface area contributed by atoms with Crippen LogP contribution in [0.25, 0.3) is 0 Å². The monoisotopic (exact) mass is 361 g/mol. The predicted molar refractivity (Wildman–Crippen MR) is 91.7 cm³/mol. The number of rotatable bonds is 5. The Kier molecular flexibility index (Phi) is 4.78. The molecular formula is C18H19NO5S. The molecule has 7 heteroatoms. The topological polar surface area (TPSA) is 83.9 Å². The number of hydrogen-bond acceptors (Lipinski definition) is 4. The first-order chi connectivity index (χ1) is 11.8. The second kappa shape index (κ2) is 6.85. The fraction of sp³-hybridized carbons (Fsp3) is 0.278. The summed E-state index contributed by atoms with van der Waals surface area (Å²) in [4.78, 5) is 12.5. The molecule has 0 atom stereocenters. The van der Waals surface area contributed by atoms with Crippen molar-refractivity contribution in [2.45, 2.75) is 31.3 Å². The van der Waals surface area contributed by atoms with Crippen LogP contribution in [-0.4, -0.2) is 31.1 Å². The van der Waals surface area contributed by atoms with Crippen LogP contribution in [0.2, 0.25) is 0 Å². The molecule has 0 unspecified atom stereocenters. The van der Waals surface area contributed by atoms with Gasteiger partial charge in [0.25, 0.3) is 10.1 Å². The van der Waals surface area contributed by atoms with Crippen molar-refractivity contribution in [1.29, 1.82) is 0 Å². The first-order valence-corrected chi connectivity index (χ1v) is 9.30. The lowest BCUT2D eigenvalue weighted by atomic mass is 10.0. The summed E-state index contributed by atoms with van der Waals surface area (Å²) < 4.78 is 29.4. The first kappa shape index (κ1) is 17.4. The van der Waals surface area contributed by atoms with E-state index in [4.69, 9.17) is 9.29 Å². The van der Waals surface area contributed by atoms with Crippen molar-refractivity contribution in [3.8, 4) is 0 Å². The zero-order valence-corrected chi connectivity index (χ0v) is 14.6. The lowest BCUT2D eigenvalue weighted by molar-refractivity contribution is 0.145. The Balaban J connectivity index is 1.61. The van der Waals surface area contributed by atoms with Crippen molar-refractivity contribution in [2.24, 2.45) is 0 Å². The molecule has 0 fully saturated rings. The highest BCUT2D eigenvalue weighted by atomic mass is 32.2. The molecule has 6 nitrogen and oxygen atoms in total. The summed E-state index contributed by atoms with van der Waals surface area (Å²) in [5, 5.41) is 9.05. The summed E-state index contributed by atoms with van der Waals surface area (Å²) in [5.41, 5.74) is 3.85. The van der Waals surface area contributed by atoms with E-state index >= 15 is 0 Å². The van der Waals surface area contributed by atoms with Crippen molar-refractivity contribution < 1.29 is 22.5 Å². The Hall–Kier alpha value is -2.38. The lowest BCUT2D eigenvalue weighted by Gasteiger charge is -2.08. The molecule has 0 saturated carbocycles.